The predicted octanol–water partition coefficient (Wildman–Crippen LogP) is 4.77. The molecule has 0 aliphatic carbocycles. The smallest absolute Gasteiger partial charge is 0.481 e. The standard InChI is InChI=1S/C17H13F3O4S/c18-12-9-10(6-7-14(12)25-8-2-5-15(21)22)11-3-1-4-13-16(11)24-17(19,20)23-13/h1,3-4,6-7,9H,2,5,8H2,(H,21,22). The summed E-state index contributed by atoms with van der Waals surface area (Å²) in [5.41, 5.74) is 0.682. The Morgan fingerprint density at radius 3 is 2.72 bits per heavy atom. The van der Waals surface area contributed by atoms with E-state index in [1.807, 2.05) is 0 Å². The van der Waals surface area contributed by atoms with Crippen molar-refractivity contribution in [2.45, 2.75) is 24.0 Å². The van der Waals surface area contributed by atoms with Gasteiger partial charge < -0.3 is 14.6 Å². The number of benzene rings is 2. The molecular weight excluding hydrogens is 357 g/mol. The number of thioether (sulfide) groups is 1. The Morgan fingerprint density at radius 1 is 1.20 bits per heavy atom. The second-order valence-corrected chi connectivity index (χ2v) is 6.43. The van der Waals surface area contributed by atoms with E-state index in [2.05, 4.69) is 9.47 Å². The van der Waals surface area contributed by atoms with Gasteiger partial charge in [-0.05, 0) is 35.9 Å². The number of carboxylic acids is 1. The molecule has 0 aromatic heterocycles. The number of halogens is 3. The molecule has 1 aliphatic rings. The van der Waals surface area contributed by atoms with E-state index < -0.39 is 18.1 Å². The molecule has 8 heteroatoms. The van der Waals surface area contributed by atoms with Crippen LogP contribution in [0.15, 0.2) is 41.3 Å². The number of hydrogen-bond donors (Lipinski definition) is 1. The lowest BCUT2D eigenvalue weighted by Gasteiger charge is -2.09. The van der Waals surface area contributed by atoms with Crippen LogP contribution in [0.25, 0.3) is 11.1 Å². The van der Waals surface area contributed by atoms with Crippen LogP contribution in [-0.4, -0.2) is 23.1 Å². The molecule has 0 radical (unpaired) electrons. The Hall–Kier alpha value is -2.35. The molecule has 0 amide bonds. The lowest BCUT2D eigenvalue weighted by Crippen LogP contribution is -2.26. The largest absolute Gasteiger partial charge is 0.586 e. The van der Waals surface area contributed by atoms with Crippen LogP contribution in [-0.2, 0) is 4.79 Å². The molecular formula is C17H13F3O4S. The zero-order valence-electron chi connectivity index (χ0n) is 12.8. The second kappa shape index (κ2) is 6.87. The van der Waals surface area contributed by atoms with Crippen LogP contribution in [0.3, 0.4) is 0 Å². The lowest BCUT2D eigenvalue weighted by molar-refractivity contribution is -0.286. The fourth-order valence-electron chi connectivity index (χ4n) is 2.39. The number of para-hydroxylation sites is 1. The van der Waals surface area contributed by atoms with Crippen molar-refractivity contribution in [2.75, 3.05) is 5.75 Å². The fraction of sp³-hybridized carbons (Fsp3) is 0.235. The third kappa shape index (κ3) is 4.01. The molecule has 1 heterocycles. The van der Waals surface area contributed by atoms with Crippen LogP contribution in [0.1, 0.15) is 12.8 Å². The van der Waals surface area contributed by atoms with Gasteiger partial charge in [-0.2, -0.15) is 0 Å². The first-order chi connectivity index (χ1) is 11.9. The number of carboxylic acid groups (broad SMARTS) is 1. The Labute approximate surface area is 145 Å². The molecule has 2 aromatic carbocycles. The van der Waals surface area contributed by atoms with Crippen molar-refractivity contribution in [1.29, 1.82) is 0 Å². The van der Waals surface area contributed by atoms with Gasteiger partial charge in [0.05, 0.1) is 0 Å². The SMILES string of the molecule is O=C(O)CCCSc1ccc(-c2cccc3c2OC(F)(F)O3)cc1F. The van der Waals surface area contributed by atoms with Crippen molar-refractivity contribution < 1.29 is 32.5 Å². The number of carbonyl (C=O) groups is 1. The summed E-state index contributed by atoms with van der Waals surface area (Å²) in [6.45, 7) is 0. The third-order valence-corrected chi connectivity index (χ3v) is 4.60. The molecule has 0 unspecified atom stereocenters. The highest BCUT2D eigenvalue weighted by atomic mass is 32.2. The molecule has 4 nitrogen and oxygen atoms in total. The highest BCUT2D eigenvalue weighted by Crippen LogP contribution is 2.47. The molecule has 0 saturated carbocycles. The van der Waals surface area contributed by atoms with Gasteiger partial charge in [0.2, 0.25) is 0 Å². The van der Waals surface area contributed by atoms with Gasteiger partial charge in [-0.3, -0.25) is 4.79 Å². The molecule has 1 aliphatic heterocycles. The van der Waals surface area contributed by atoms with Crippen molar-refractivity contribution >= 4 is 17.7 Å². The zero-order chi connectivity index (χ0) is 18.0. The highest BCUT2D eigenvalue weighted by Gasteiger charge is 2.44. The number of alkyl halides is 2. The Balaban J connectivity index is 1.78. The van der Waals surface area contributed by atoms with Crippen molar-refractivity contribution in [2.24, 2.45) is 0 Å². The molecule has 0 spiro atoms. The van der Waals surface area contributed by atoms with Crippen LogP contribution in [0.2, 0.25) is 0 Å². The van der Waals surface area contributed by atoms with E-state index in [1.165, 1.54) is 42.1 Å². The predicted molar refractivity (Wildman–Crippen MR) is 85.6 cm³/mol. The zero-order valence-corrected chi connectivity index (χ0v) is 13.6. The van der Waals surface area contributed by atoms with Gasteiger partial charge in [0.25, 0.3) is 0 Å². The number of rotatable bonds is 6. The van der Waals surface area contributed by atoms with Gasteiger partial charge in [0, 0.05) is 16.9 Å². The van der Waals surface area contributed by atoms with Crippen molar-refractivity contribution in [1.82, 2.24) is 0 Å². The Kier molecular flexibility index (Phi) is 4.80. The summed E-state index contributed by atoms with van der Waals surface area (Å²) in [5.74, 6) is -1.18. The molecule has 1 N–H and O–H groups in total. The fourth-order valence-corrected chi connectivity index (χ4v) is 3.26. The van der Waals surface area contributed by atoms with Gasteiger partial charge in [-0.1, -0.05) is 18.2 Å². The first-order valence-electron chi connectivity index (χ1n) is 7.39. The average Bonchev–Trinajstić information content (AvgIpc) is 2.86. The quantitative estimate of drug-likeness (QED) is 0.586. The summed E-state index contributed by atoms with van der Waals surface area (Å²) in [4.78, 5) is 10.8. The van der Waals surface area contributed by atoms with E-state index in [-0.39, 0.29) is 17.9 Å². The first-order valence-corrected chi connectivity index (χ1v) is 8.38. The van der Waals surface area contributed by atoms with E-state index in [0.717, 1.165) is 0 Å². The molecule has 0 fully saturated rings. The van der Waals surface area contributed by atoms with E-state index in [9.17, 15) is 18.0 Å². The number of fused-ring (bicyclic) bond motifs is 1. The van der Waals surface area contributed by atoms with Crippen LogP contribution >= 0.6 is 11.8 Å². The highest BCUT2D eigenvalue weighted by molar-refractivity contribution is 7.99. The number of aliphatic carboxylic acids is 1. The van der Waals surface area contributed by atoms with Crippen LogP contribution < -0.4 is 9.47 Å². The molecule has 2 aromatic rings. The minimum Gasteiger partial charge on any atom is -0.481 e. The maximum Gasteiger partial charge on any atom is 0.586 e. The van der Waals surface area contributed by atoms with E-state index in [1.54, 1.807) is 6.07 Å². The van der Waals surface area contributed by atoms with Crippen LogP contribution in [0.5, 0.6) is 11.5 Å². The van der Waals surface area contributed by atoms with Crippen LogP contribution in [0, 0.1) is 5.82 Å². The van der Waals surface area contributed by atoms with Gasteiger partial charge in [0.1, 0.15) is 5.82 Å². The summed E-state index contributed by atoms with van der Waals surface area (Å²) < 4.78 is 49.7. The summed E-state index contributed by atoms with van der Waals surface area (Å²) >= 11 is 1.20. The van der Waals surface area contributed by atoms with Gasteiger partial charge >= 0.3 is 12.3 Å². The molecule has 3 rings (SSSR count). The minimum atomic E-state index is -3.74. The van der Waals surface area contributed by atoms with Crippen molar-refractivity contribution in [3.8, 4) is 22.6 Å². The molecule has 0 bridgehead atoms. The first kappa shape index (κ1) is 17.5. The number of hydrogen-bond acceptors (Lipinski definition) is 4. The van der Waals surface area contributed by atoms with Crippen LogP contribution in [0.4, 0.5) is 13.2 Å². The number of ether oxygens (including phenoxy) is 2. The maximum absolute atomic E-state index is 14.3. The van der Waals surface area contributed by atoms with Crippen molar-refractivity contribution in [3.63, 3.8) is 0 Å². The van der Waals surface area contributed by atoms with Crippen molar-refractivity contribution in [3.05, 3.63) is 42.2 Å². The summed E-state index contributed by atoms with van der Waals surface area (Å²) in [7, 11) is 0. The lowest BCUT2D eigenvalue weighted by atomic mass is 10.0. The second-order valence-electron chi connectivity index (χ2n) is 5.29. The van der Waals surface area contributed by atoms with E-state index >= 15 is 0 Å². The topological polar surface area (TPSA) is 55.8 Å². The molecule has 132 valence electrons. The molecule has 0 atom stereocenters. The minimum absolute atomic E-state index is 0.0222. The maximum atomic E-state index is 14.3. The van der Waals surface area contributed by atoms with Gasteiger partial charge in [-0.15, -0.1) is 20.5 Å². The normalized spacial score (nSPS) is 14.5. The monoisotopic (exact) mass is 370 g/mol. The third-order valence-electron chi connectivity index (χ3n) is 3.46. The Morgan fingerprint density at radius 2 is 2.00 bits per heavy atom. The average molecular weight is 370 g/mol. The van der Waals surface area contributed by atoms with E-state index in [0.29, 0.717) is 28.2 Å². The summed E-state index contributed by atoms with van der Waals surface area (Å²) in [6, 6.07) is 8.77. The summed E-state index contributed by atoms with van der Waals surface area (Å²) in [6.07, 6.45) is -3.29. The van der Waals surface area contributed by atoms with E-state index in [4.69, 9.17) is 5.11 Å². The molecule has 25 heavy (non-hydrogen) atoms. The Bertz CT molecular complexity index is 810. The van der Waals surface area contributed by atoms with Gasteiger partial charge in [0.15, 0.2) is 11.5 Å². The summed E-state index contributed by atoms with van der Waals surface area (Å²) in [5, 5.41) is 8.58. The molecule has 0 saturated heterocycles. The van der Waals surface area contributed by atoms with Gasteiger partial charge in [-0.25, -0.2) is 4.39 Å².